The van der Waals surface area contributed by atoms with Crippen LogP contribution in [0.4, 0.5) is 0 Å². The molecule has 1 aliphatic carbocycles. The molecule has 28 heavy (non-hydrogen) atoms. The number of aromatic nitrogens is 1. The molecule has 0 N–H and O–H groups in total. The molecule has 0 bridgehead atoms. The first-order valence-corrected chi connectivity index (χ1v) is 11.8. The Balaban J connectivity index is 1.90. The predicted octanol–water partition coefficient (Wildman–Crippen LogP) is 2.85. The smallest absolute Gasteiger partial charge is 0.265 e. The highest BCUT2D eigenvalue weighted by atomic mass is 32.2. The maximum absolute atomic E-state index is 13.2. The summed E-state index contributed by atoms with van der Waals surface area (Å²) in [5, 5.41) is 9.68. The Bertz CT molecular complexity index is 946. The van der Waals surface area contributed by atoms with Gasteiger partial charge in [-0.05, 0) is 56.7 Å². The van der Waals surface area contributed by atoms with E-state index >= 15 is 0 Å². The highest BCUT2D eigenvalue weighted by molar-refractivity contribution is 7.91. The summed E-state index contributed by atoms with van der Waals surface area (Å²) in [4.78, 5) is 14.8. The third-order valence-electron chi connectivity index (χ3n) is 5.59. The molecule has 1 aromatic heterocycles. The summed E-state index contributed by atoms with van der Waals surface area (Å²) in [6.07, 6.45) is 3.89. The Morgan fingerprint density at radius 2 is 2.00 bits per heavy atom. The number of carbonyl (C=O) groups is 1. The molecule has 0 aromatic carbocycles. The standard InChI is InChI=1S/C21H29N3O3S/c1-14(2)12-23-15(3)9-17(16(23)4)10-18(11-22)21(25)24(19-5-6-19)20-7-8-28(26,27)13-20/h9-10,14,19-20H,5-8,12-13H2,1-4H3/b18-10+. The van der Waals surface area contributed by atoms with Gasteiger partial charge in [-0.15, -0.1) is 0 Å². The zero-order valence-corrected chi connectivity index (χ0v) is 17.9. The van der Waals surface area contributed by atoms with Gasteiger partial charge < -0.3 is 9.47 Å². The van der Waals surface area contributed by atoms with Crippen molar-refractivity contribution in [2.24, 2.45) is 5.92 Å². The van der Waals surface area contributed by atoms with E-state index in [0.29, 0.717) is 12.3 Å². The average Bonchev–Trinajstić information content (AvgIpc) is 3.33. The third-order valence-corrected chi connectivity index (χ3v) is 7.34. The van der Waals surface area contributed by atoms with Crippen molar-refractivity contribution in [1.82, 2.24) is 9.47 Å². The number of nitriles is 1. The first-order chi connectivity index (χ1) is 13.1. The fourth-order valence-corrected chi connectivity index (χ4v) is 5.75. The van der Waals surface area contributed by atoms with Gasteiger partial charge in [0.15, 0.2) is 9.84 Å². The van der Waals surface area contributed by atoms with Crippen molar-refractivity contribution in [3.8, 4) is 6.07 Å². The number of rotatable bonds is 6. The molecule has 1 saturated heterocycles. The van der Waals surface area contributed by atoms with Crippen LogP contribution in [0.25, 0.3) is 6.08 Å². The summed E-state index contributed by atoms with van der Waals surface area (Å²) >= 11 is 0. The van der Waals surface area contributed by atoms with Gasteiger partial charge >= 0.3 is 0 Å². The van der Waals surface area contributed by atoms with Crippen LogP contribution in [0.2, 0.25) is 0 Å². The SMILES string of the molecule is Cc1cc(/C=C(\C#N)C(=O)N(C2CC2)C2CCS(=O)(=O)C2)c(C)n1CC(C)C. The zero-order chi connectivity index (χ0) is 20.6. The molecule has 1 amide bonds. The fourth-order valence-electron chi connectivity index (χ4n) is 4.03. The van der Waals surface area contributed by atoms with Crippen molar-refractivity contribution >= 4 is 21.8 Å². The summed E-state index contributed by atoms with van der Waals surface area (Å²) in [7, 11) is -3.09. The number of nitrogens with zero attached hydrogens (tertiary/aromatic N) is 3. The molecular formula is C21H29N3O3S. The van der Waals surface area contributed by atoms with Crippen LogP contribution >= 0.6 is 0 Å². The molecule has 2 heterocycles. The molecule has 1 unspecified atom stereocenters. The summed E-state index contributed by atoms with van der Waals surface area (Å²) in [6.45, 7) is 9.22. The summed E-state index contributed by atoms with van der Waals surface area (Å²) in [5.74, 6) is 0.293. The van der Waals surface area contributed by atoms with E-state index in [9.17, 15) is 18.5 Å². The minimum Gasteiger partial charge on any atom is -0.348 e. The van der Waals surface area contributed by atoms with Gasteiger partial charge in [0.1, 0.15) is 11.6 Å². The topological polar surface area (TPSA) is 83.2 Å². The van der Waals surface area contributed by atoms with E-state index in [2.05, 4.69) is 24.5 Å². The Kier molecular flexibility index (Phi) is 5.72. The lowest BCUT2D eigenvalue weighted by atomic mass is 10.1. The maximum atomic E-state index is 13.2. The molecule has 2 aliphatic rings. The molecule has 0 spiro atoms. The second-order valence-corrected chi connectivity index (χ2v) is 10.7. The van der Waals surface area contributed by atoms with Gasteiger partial charge in [-0.2, -0.15) is 5.26 Å². The van der Waals surface area contributed by atoms with Crippen molar-refractivity contribution in [3.63, 3.8) is 0 Å². The highest BCUT2D eigenvalue weighted by Crippen LogP contribution is 2.33. The monoisotopic (exact) mass is 403 g/mol. The van der Waals surface area contributed by atoms with E-state index in [-0.39, 0.29) is 35.1 Å². The lowest BCUT2D eigenvalue weighted by Gasteiger charge is -2.28. The lowest BCUT2D eigenvalue weighted by Crippen LogP contribution is -2.43. The Morgan fingerprint density at radius 3 is 2.50 bits per heavy atom. The molecule has 7 heteroatoms. The second-order valence-electron chi connectivity index (χ2n) is 8.50. The molecule has 6 nitrogen and oxygen atoms in total. The number of hydrogen-bond acceptors (Lipinski definition) is 4. The number of hydrogen-bond donors (Lipinski definition) is 0. The normalized spacial score (nSPS) is 21.7. The summed E-state index contributed by atoms with van der Waals surface area (Å²) < 4.78 is 26.0. The minimum atomic E-state index is -3.09. The molecule has 3 rings (SSSR count). The maximum Gasteiger partial charge on any atom is 0.265 e. The summed E-state index contributed by atoms with van der Waals surface area (Å²) in [6, 6.07) is 3.82. The van der Waals surface area contributed by atoms with Gasteiger partial charge in [0, 0.05) is 30.0 Å². The van der Waals surface area contributed by atoms with Gasteiger partial charge in [-0.25, -0.2) is 8.42 Å². The van der Waals surface area contributed by atoms with E-state index in [1.165, 1.54) is 0 Å². The van der Waals surface area contributed by atoms with Gasteiger partial charge in [-0.3, -0.25) is 4.79 Å². The number of sulfone groups is 1. The molecule has 1 saturated carbocycles. The molecule has 1 atom stereocenters. The Morgan fingerprint density at radius 1 is 1.32 bits per heavy atom. The van der Waals surface area contributed by atoms with Crippen LogP contribution in [0, 0.1) is 31.1 Å². The van der Waals surface area contributed by atoms with Crippen molar-refractivity contribution in [2.45, 2.75) is 65.6 Å². The van der Waals surface area contributed by atoms with Crippen LogP contribution in [-0.2, 0) is 21.2 Å². The van der Waals surface area contributed by atoms with Crippen molar-refractivity contribution in [3.05, 3.63) is 28.6 Å². The van der Waals surface area contributed by atoms with Crippen LogP contribution in [0.3, 0.4) is 0 Å². The Hall–Kier alpha value is -2.07. The largest absolute Gasteiger partial charge is 0.348 e. The lowest BCUT2D eigenvalue weighted by molar-refractivity contribution is -0.129. The number of amides is 1. The van der Waals surface area contributed by atoms with Crippen LogP contribution < -0.4 is 0 Å². The first-order valence-electron chi connectivity index (χ1n) is 9.94. The molecule has 2 fully saturated rings. The van der Waals surface area contributed by atoms with Crippen molar-refractivity contribution in [1.29, 1.82) is 5.26 Å². The van der Waals surface area contributed by atoms with Gasteiger partial charge in [-0.1, -0.05) is 13.8 Å². The number of carbonyl (C=O) groups excluding carboxylic acids is 1. The number of aryl methyl sites for hydroxylation is 1. The average molecular weight is 404 g/mol. The van der Waals surface area contributed by atoms with E-state index in [1.54, 1.807) is 11.0 Å². The summed E-state index contributed by atoms with van der Waals surface area (Å²) in [5.41, 5.74) is 3.09. The van der Waals surface area contributed by atoms with E-state index in [4.69, 9.17) is 0 Å². The predicted molar refractivity (Wildman–Crippen MR) is 109 cm³/mol. The molecular weight excluding hydrogens is 374 g/mol. The fraction of sp³-hybridized carbons (Fsp3) is 0.619. The molecule has 152 valence electrons. The quantitative estimate of drug-likeness (QED) is 0.540. The van der Waals surface area contributed by atoms with E-state index in [1.807, 2.05) is 19.9 Å². The van der Waals surface area contributed by atoms with Crippen molar-refractivity contribution < 1.29 is 13.2 Å². The van der Waals surface area contributed by atoms with E-state index in [0.717, 1.165) is 36.3 Å². The molecule has 1 aromatic rings. The highest BCUT2D eigenvalue weighted by Gasteiger charge is 2.43. The molecule has 1 aliphatic heterocycles. The van der Waals surface area contributed by atoms with Crippen LogP contribution in [0.15, 0.2) is 11.6 Å². The van der Waals surface area contributed by atoms with Crippen molar-refractivity contribution in [2.75, 3.05) is 11.5 Å². The third kappa shape index (κ3) is 4.33. The second kappa shape index (κ2) is 7.75. The minimum absolute atomic E-state index is 0.0108. The Labute approximate surface area is 167 Å². The van der Waals surface area contributed by atoms with Crippen LogP contribution in [0.1, 0.15) is 50.1 Å². The van der Waals surface area contributed by atoms with Gasteiger partial charge in [0.05, 0.1) is 11.5 Å². The molecule has 0 radical (unpaired) electrons. The van der Waals surface area contributed by atoms with Gasteiger partial charge in [0.25, 0.3) is 5.91 Å². The van der Waals surface area contributed by atoms with Crippen LogP contribution in [-0.4, -0.2) is 47.4 Å². The first kappa shape index (κ1) is 20.7. The van der Waals surface area contributed by atoms with Crippen LogP contribution in [0.5, 0.6) is 0 Å². The van der Waals surface area contributed by atoms with Gasteiger partial charge in [0.2, 0.25) is 0 Å². The zero-order valence-electron chi connectivity index (χ0n) is 17.1. The van der Waals surface area contributed by atoms with E-state index < -0.39 is 9.84 Å².